The summed E-state index contributed by atoms with van der Waals surface area (Å²) in [7, 11) is -2.70. The number of benzene rings is 1. The zero-order chi connectivity index (χ0) is 17.1. The molecule has 6 nitrogen and oxygen atoms in total. The van der Waals surface area contributed by atoms with Gasteiger partial charge in [-0.25, -0.2) is 4.79 Å². The van der Waals surface area contributed by atoms with E-state index >= 15 is 0 Å². The number of rotatable bonds is 4. The lowest BCUT2D eigenvalue weighted by molar-refractivity contribution is 0.0300. The molecule has 1 rings (SSSR count). The number of ether oxygens (including phenoxy) is 1. The highest BCUT2D eigenvalue weighted by Gasteiger charge is 2.21. The Morgan fingerprint density at radius 1 is 1.32 bits per heavy atom. The number of hydrogen-bond donors (Lipinski definition) is 1. The third-order valence-electron chi connectivity index (χ3n) is 2.92. The van der Waals surface area contributed by atoms with Gasteiger partial charge in [-0.05, 0) is 45.7 Å². The molecule has 0 unspecified atom stereocenters. The first-order chi connectivity index (χ1) is 9.90. The lowest BCUT2D eigenvalue weighted by atomic mass is 10.1. The second-order valence-corrected chi connectivity index (χ2v) is 7.63. The molecule has 1 N–H and O–H groups in total. The topological polar surface area (TPSA) is 83.9 Å². The molecule has 0 saturated heterocycles. The molecule has 0 heterocycles. The van der Waals surface area contributed by atoms with Gasteiger partial charge in [-0.15, -0.1) is 0 Å². The van der Waals surface area contributed by atoms with Crippen molar-refractivity contribution in [1.29, 1.82) is 0 Å². The SMILES string of the molecule is Cc1ccc(S(=O)(=O)O)c(CCN(C)C(=O)OC(C)(C)C)c1. The van der Waals surface area contributed by atoms with Crippen molar-refractivity contribution in [3.63, 3.8) is 0 Å². The van der Waals surface area contributed by atoms with E-state index in [0.717, 1.165) is 5.56 Å². The number of carbonyl (C=O) groups excluding carboxylic acids is 1. The van der Waals surface area contributed by atoms with E-state index < -0.39 is 21.8 Å². The molecule has 0 spiro atoms. The first-order valence-electron chi connectivity index (χ1n) is 6.91. The van der Waals surface area contributed by atoms with Crippen LogP contribution in [0, 0.1) is 6.92 Å². The van der Waals surface area contributed by atoms with E-state index in [9.17, 15) is 17.8 Å². The van der Waals surface area contributed by atoms with Crippen molar-refractivity contribution in [2.24, 2.45) is 0 Å². The van der Waals surface area contributed by atoms with Crippen molar-refractivity contribution in [2.75, 3.05) is 13.6 Å². The molecule has 0 bridgehead atoms. The molecule has 0 aliphatic rings. The smallest absolute Gasteiger partial charge is 0.410 e. The van der Waals surface area contributed by atoms with Gasteiger partial charge in [0.1, 0.15) is 5.60 Å². The molecular weight excluding hydrogens is 306 g/mol. The van der Waals surface area contributed by atoms with Crippen molar-refractivity contribution in [2.45, 2.75) is 44.6 Å². The molecule has 0 saturated carbocycles. The molecule has 0 atom stereocenters. The highest BCUT2D eigenvalue weighted by Crippen LogP contribution is 2.18. The second kappa shape index (κ2) is 6.66. The third kappa shape index (κ3) is 5.65. The standard InChI is InChI=1S/C15H23NO5S/c1-11-6-7-13(22(18,19)20)12(10-11)8-9-16(5)14(17)21-15(2,3)4/h6-7,10H,8-9H2,1-5H3,(H,18,19,20). The maximum absolute atomic E-state index is 11.9. The van der Waals surface area contributed by atoms with Crippen LogP contribution in [0.2, 0.25) is 0 Å². The minimum absolute atomic E-state index is 0.129. The molecule has 0 aromatic heterocycles. The summed E-state index contributed by atoms with van der Waals surface area (Å²) in [5, 5.41) is 0. The third-order valence-corrected chi connectivity index (χ3v) is 3.87. The Kier molecular flexibility index (Phi) is 5.59. The summed E-state index contributed by atoms with van der Waals surface area (Å²) >= 11 is 0. The van der Waals surface area contributed by atoms with Crippen molar-refractivity contribution in [3.05, 3.63) is 29.3 Å². The Bertz CT molecular complexity index is 646. The Labute approximate surface area is 131 Å². The molecule has 0 radical (unpaired) electrons. The van der Waals surface area contributed by atoms with Gasteiger partial charge in [-0.3, -0.25) is 4.55 Å². The van der Waals surface area contributed by atoms with Crippen molar-refractivity contribution in [1.82, 2.24) is 4.90 Å². The number of amides is 1. The summed E-state index contributed by atoms with van der Waals surface area (Å²) in [6.45, 7) is 7.43. The number of carbonyl (C=O) groups is 1. The second-order valence-electron chi connectivity index (χ2n) is 6.24. The largest absolute Gasteiger partial charge is 0.444 e. The van der Waals surface area contributed by atoms with Crippen LogP contribution in [0.4, 0.5) is 4.79 Å². The first-order valence-corrected chi connectivity index (χ1v) is 8.35. The van der Waals surface area contributed by atoms with Crippen LogP contribution in [0.3, 0.4) is 0 Å². The summed E-state index contributed by atoms with van der Waals surface area (Å²) in [5.74, 6) is 0. The number of hydrogen-bond acceptors (Lipinski definition) is 4. The summed E-state index contributed by atoms with van der Waals surface area (Å²) in [5.41, 5.74) is 0.758. The molecule has 1 aromatic rings. The molecule has 124 valence electrons. The van der Waals surface area contributed by atoms with E-state index in [2.05, 4.69) is 0 Å². The minimum atomic E-state index is -4.28. The van der Waals surface area contributed by atoms with Gasteiger partial charge in [0.15, 0.2) is 0 Å². The fourth-order valence-electron chi connectivity index (χ4n) is 1.87. The fraction of sp³-hybridized carbons (Fsp3) is 0.533. The molecule has 1 amide bonds. The van der Waals surface area contributed by atoms with Crippen LogP contribution in [0.25, 0.3) is 0 Å². The average Bonchev–Trinajstić information content (AvgIpc) is 2.32. The lowest BCUT2D eigenvalue weighted by Gasteiger charge is -2.24. The van der Waals surface area contributed by atoms with Gasteiger partial charge in [0.05, 0.1) is 4.90 Å². The van der Waals surface area contributed by atoms with Gasteiger partial charge >= 0.3 is 6.09 Å². The molecule has 22 heavy (non-hydrogen) atoms. The highest BCUT2D eigenvalue weighted by atomic mass is 32.2. The molecule has 1 aromatic carbocycles. The molecule has 7 heteroatoms. The monoisotopic (exact) mass is 329 g/mol. The van der Waals surface area contributed by atoms with Gasteiger partial charge in [0.2, 0.25) is 0 Å². The van der Waals surface area contributed by atoms with E-state index in [1.54, 1.807) is 40.0 Å². The number of likely N-dealkylation sites (N-methyl/N-ethyl adjacent to an activating group) is 1. The van der Waals surface area contributed by atoms with E-state index in [1.165, 1.54) is 11.0 Å². The quantitative estimate of drug-likeness (QED) is 0.859. The van der Waals surface area contributed by atoms with Crippen molar-refractivity contribution < 1.29 is 22.5 Å². The predicted octanol–water partition coefficient (Wildman–Crippen LogP) is 2.65. The maximum Gasteiger partial charge on any atom is 0.410 e. The lowest BCUT2D eigenvalue weighted by Crippen LogP contribution is -2.35. The molecule has 0 aliphatic heterocycles. The van der Waals surface area contributed by atoms with Crippen molar-refractivity contribution in [3.8, 4) is 0 Å². The first kappa shape index (κ1) is 18.4. The molecule has 0 aliphatic carbocycles. The maximum atomic E-state index is 11.9. The predicted molar refractivity (Wildman–Crippen MR) is 83.6 cm³/mol. The zero-order valence-electron chi connectivity index (χ0n) is 13.6. The van der Waals surface area contributed by atoms with E-state index in [0.29, 0.717) is 12.0 Å². The van der Waals surface area contributed by atoms with Gasteiger partial charge in [0.25, 0.3) is 10.1 Å². The van der Waals surface area contributed by atoms with Gasteiger partial charge in [0, 0.05) is 13.6 Å². The van der Waals surface area contributed by atoms with Crippen LogP contribution >= 0.6 is 0 Å². The Morgan fingerprint density at radius 2 is 1.91 bits per heavy atom. The van der Waals surface area contributed by atoms with Crippen LogP contribution in [0.15, 0.2) is 23.1 Å². The Hall–Kier alpha value is -1.60. The molecular formula is C15H23NO5S. The zero-order valence-corrected chi connectivity index (χ0v) is 14.4. The van der Waals surface area contributed by atoms with Crippen molar-refractivity contribution >= 4 is 16.2 Å². The fourth-order valence-corrected chi connectivity index (χ4v) is 2.61. The van der Waals surface area contributed by atoms with Gasteiger partial charge < -0.3 is 9.64 Å². The van der Waals surface area contributed by atoms with Crippen LogP contribution in [0.5, 0.6) is 0 Å². The van der Waals surface area contributed by atoms with Crippen LogP contribution in [-0.2, 0) is 21.3 Å². The summed E-state index contributed by atoms with van der Waals surface area (Å²) in [6, 6.07) is 4.67. The average molecular weight is 329 g/mol. The normalized spacial score (nSPS) is 12.1. The van der Waals surface area contributed by atoms with E-state index in [1.807, 2.05) is 6.92 Å². The van der Waals surface area contributed by atoms with E-state index in [-0.39, 0.29) is 11.4 Å². The Morgan fingerprint density at radius 3 is 2.41 bits per heavy atom. The minimum Gasteiger partial charge on any atom is -0.444 e. The Balaban J connectivity index is 2.84. The summed E-state index contributed by atoms with van der Waals surface area (Å²) in [4.78, 5) is 13.1. The summed E-state index contributed by atoms with van der Waals surface area (Å²) in [6.07, 6.45) is -0.180. The molecule has 0 fully saturated rings. The summed E-state index contributed by atoms with van der Waals surface area (Å²) < 4.78 is 37.2. The van der Waals surface area contributed by atoms with Gasteiger partial charge in [-0.2, -0.15) is 8.42 Å². The van der Waals surface area contributed by atoms with Gasteiger partial charge in [-0.1, -0.05) is 17.7 Å². The number of nitrogens with zero attached hydrogens (tertiary/aromatic N) is 1. The van der Waals surface area contributed by atoms with E-state index in [4.69, 9.17) is 4.74 Å². The number of aryl methyl sites for hydroxylation is 1. The van der Waals surface area contributed by atoms with Crippen LogP contribution in [-0.4, -0.2) is 43.2 Å². The van der Waals surface area contributed by atoms with Crippen LogP contribution in [0.1, 0.15) is 31.9 Å². The van der Waals surface area contributed by atoms with Crippen LogP contribution < -0.4 is 0 Å². The highest BCUT2D eigenvalue weighted by molar-refractivity contribution is 7.85.